The second-order valence-electron chi connectivity index (χ2n) is 6.99. The monoisotopic (exact) mass is 426 g/mol. The number of carbonyl (C=O) groups is 1. The summed E-state index contributed by atoms with van der Waals surface area (Å²) in [6.07, 6.45) is -1.87. The minimum absolute atomic E-state index is 0.0691. The van der Waals surface area contributed by atoms with Gasteiger partial charge in [0.1, 0.15) is 6.61 Å². The molecule has 4 atom stereocenters. The number of fused-ring (bicyclic) bond motifs is 2. The zero-order valence-corrected chi connectivity index (χ0v) is 16.8. The molecular weight excluding hydrogens is 400 g/mol. The minimum atomic E-state index is -1.83. The molecule has 4 unspecified atom stereocenters. The third-order valence-electron chi connectivity index (χ3n) is 5.12. The number of benzene rings is 1. The topological polar surface area (TPSA) is 133 Å². The normalized spacial score (nSPS) is 22.6. The van der Waals surface area contributed by atoms with Gasteiger partial charge in [-0.1, -0.05) is 0 Å². The summed E-state index contributed by atoms with van der Waals surface area (Å²) in [7, 11) is 1.43. The first-order valence-electron chi connectivity index (χ1n) is 9.51. The first kappa shape index (κ1) is 22.2. The van der Waals surface area contributed by atoms with Gasteiger partial charge in [-0.2, -0.15) is 0 Å². The van der Waals surface area contributed by atoms with Gasteiger partial charge in [0.15, 0.2) is 29.3 Å². The summed E-state index contributed by atoms with van der Waals surface area (Å²) in [5, 5.41) is 30.5. The van der Waals surface area contributed by atoms with Crippen LogP contribution in [-0.4, -0.2) is 61.5 Å². The Kier molecular flexibility index (Phi) is 7.38. The summed E-state index contributed by atoms with van der Waals surface area (Å²) in [5.41, 5.74) is 1.66. The molecule has 0 radical (unpaired) electrons. The number of hydrogen-bond acceptors (Lipinski definition) is 10. The standard InChI is InChI=1S/C20H26O10/c1-11(25-2)27-8-15(22)18(23)20(24)30-19-13(7-26-9-21)4-3-12-5-16-17(6-14(12)19)29-10-28-16/h5-6,9,11,13,19-20,22-24H,3-4,7-8,10H2,1-2H3. The van der Waals surface area contributed by atoms with Crippen LogP contribution in [0.4, 0.5) is 0 Å². The van der Waals surface area contributed by atoms with E-state index in [9.17, 15) is 20.1 Å². The Labute approximate surface area is 173 Å². The SMILES string of the molecule is COC(C)OCC(O)=C(O)C(O)OC1c2cc3c(cc2CCC1COC=O)OCO3. The zero-order valence-electron chi connectivity index (χ0n) is 16.8. The number of hydrogen-bond donors (Lipinski definition) is 3. The van der Waals surface area contributed by atoms with Crippen molar-refractivity contribution in [2.24, 2.45) is 5.92 Å². The number of aryl methyl sites for hydroxylation is 1. The second-order valence-corrected chi connectivity index (χ2v) is 6.99. The minimum Gasteiger partial charge on any atom is -0.506 e. The first-order chi connectivity index (χ1) is 14.4. The average molecular weight is 426 g/mol. The number of methoxy groups -OCH3 is 1. The van der Waals surface area contributed by atoms with Crippen LogP contribution in [0.1, 0.15) is 30.6 Å². The molecule has 0 saturated carbocycles. The lowest BCUT2D eigenvalue weighted by Crippen LogP contribution is -2.31. The molecule has 1 aromatic carbocycles. The van der Waals surface area contributed by atoms with Crippen LogP contribution in [0.25, 0.3) is 0 Å². The van der Waals surface area contributed by atoms with Gasteiger partial charge in [-0.3, -0.25) is 4.79 Å². The number of aliphatic hydroxyl groups excluding tert-OH is 3. The highest BCUT2D eigenvalue weighted by molar-refractivity contribution is 5.50. The molecule has 10 heteroatoms. The molecule has 3 rings (SSSR count). The molecule has 0 spiro atoms. The van der Waals surface area contributed by atoms with Crippen molar-refractivity contribution in [1.82, 2.24) is 0 Å². The smallest absolute Gasteiger partial charge is 0.293 e. The van der Waals surface area contributed by atoms with E-state index in [1.807, 2.05) is 6.07 Å². The zero-order chi connectivity index (χ0) is 21.7. The van der Waals surface area contributed by atoms with E-state index in [0.717, 1.165) is 11.1 Å². The van der Waals surface area contributed by atoms with Crippen LogP contribution >= 0.6 is 0 Å². The maximum Gasteiger partial charge on any atom is 0.293 e. The molecule has 1 aliphatic carbocycles. The van der Waals surface area contributed by atoms with Crippen molar-refractivity contribution in [2.45, 2.75) is 38.4 Å². The Hall–Kier alpha value is -2.53. The molecule has 0 fully saturated rings. The molecule has 166 valence electrons. The third kappa shape index (κ3) is 4.96. The van der Waals surface area contributed by atoms with E-state index in [2.05, 4.69) is 0 Å². The molecule has 1 aromatic rings. The molecule has 1 heterocycles. The number of carbonyl (C=O) groups excluding carboxylic acids is 1. The van der Waals surface area contributed by atoms with Crippen molar-refractivity contribution < 1.29 is 48.5 Å². The fraction of sp³-hybridized carbons (Fsp3) is 0.550. The van der Waals surface area contributed by atoms with Crippen LogP contribution < -0.4 is 9.47 Å². The Morgan fingerprint density at radius 1 is 1.30 bits per heavy atom. The number of ether oxygens (including phenoxy) is 6. The van der Waals surface area contributed by atoms with Crippen LogP contribution in [0, 0.1) is 5.92 Å². The third-order valence-corrected chi connectivity index (χ3v) is 5.12. The van der Waals surface area contributed by atoms with Crippen LogP contribution in [0.15, 0.2) is 23.7 Å². The molecule has 0 bridgehead atoms. The van der Waals surface area contributed by atoms with E-state index in [1.165, 1.54) is 7.11 Å². The van der Waals surface area contributed by atoms with Gasteiger partial charge in [0.25, 0.3) is 6.47 Å². The van der Waals surface area contributed by atoms with E-state index in [-0.39, 0.29) is 25.9 Å². The first-order valence-corrected chi connectivity index (χ1v) is 9.51. The molecule has 1 aliphatic heterocycles. The van der Waals surface area contributed by atoms with Crippen LogP contribution in [0.3, 0.4) is 0 Å². The van der Waals surface area contributed by atoms with E-state index in [0.29, 0.717) is 30.8 Å². The maximum absolute atomic E-state index is 10.7. The Morgan fingerprint density at radius 2 is 2.03 bits per heavy atom. The van der Waals surface area contributed by atoms with Gasteiger partial charge in [0, 0.05) is 13.0 Å². The maximum atomic E-state index is 10.7. The highest BCUT2D eigenvalue weighted by Gasteiger charge is 2.35. The van der Waals surface area contributed by atoms with Crippen molar-refractivity contribution in [2.75, 3.05) is 27.1 Å². The van der Waals surface area contributed by atoms with Crippen molar-refractivity contribution in [3.63, 3.8) is 0 Å². The van der Waals surface area contributed by atoms with Gasteiger partial charge in [-0.15, -0.1) is 0 Å². The van der Waals surface area contributed by atoms with Gasteiger partial charge in [-0.25, -0.2) is 0 Å². The number of aliphatic hydroxyl groups is 3. The Bertz CT molecular complexity index is 777. The fourth-order valence-electron chi connectivity index (χ4n) is 3.43. The molecule has 0 amide bonds. The summed E-state index contributed by atoms with van der Waals surface area (Å²) >= 11 is 0. The van der Waals surface area contributed by atoms with E-state index in [4.69, 9.17) is 28.4 Å². The lowest BCUT2D eigenvalue weighted by molar-refractivity contribution is -0.163. The van der Waals surface area contributed by atoms with Crippen molar-refractivity contribution in [1.29, 1.82) is 0 Å². The van der Waals surface area contributed by atoms with Crippen LogP contribution in [0.5, 0.6) is 11.5 Å². The predicted molar refractivity (Wildman–Crippen MR) is 101 cm³/mol. The molecule has 0 aromatic heterocycles. The molecular formula is C20H26O10. The summed E-state index contributed by atoms with van der Waals surface area (Å²) in [6, 6.07) is 3.61. The molecule has 3 N–H and O–H groups in total. The van der Waals surface area contributed by atoms with E-state index in [1.54, 1.807) is 13.0 Å². The molecule has 0 saturated heterocycles. The molecule has 30 heavy (non-hydrogen) atoms. The van der Waals surface area contributed by atoms with Crippen molar-refractivity contribution in [3.8, 4) is 11.5 Å². The highest BCUT2D eigenvalue weighted by Crippen LogP contribution is 2.44. The van der Waals surface area contributed by atoms with E-state index < -0.39 is 30.2 Å². The average Bonchev–Trinajstić information content (AvgIpc) is 3.21. The van der Waals surface area contributed by atoms with Gasteiger partial charge in [0.2, 0.25) is 13.1 Å². The molecule has 2 aliphatic rings. The van der Waals surface area contributed by atoms with Gasteiger partial charge in [0.05, 0.1) is 12.7 Å². The predicted octanol–water partition coefficient (Wildman–Crippen LogP) is 1.86. The number of rotatable bonds is 10. The van der Waals surface area contributed by atoms with Crippen molar-refractivity contribution in [3.05, 3.63) is 34.8 Å². The fourth-order valence-corrected chi connectivity index (χ4v) is 3.43. The summed E-state index contributed by atoms with van der Waals surface area (Å²) in [6.45, 7) is 1.76. The summed E-state index contributed by atoms with van der Waals surface area (Å²) in [4.78, 5) is 10.7. The van der Waals surface area contributed by atoms with E-state index >= 15 is 0 Å². The highest BCUT2D eigenvalue weighted by atomic mass is 16.7. The van der Waals surface area contributed by atoms with Crippen LogP contribution in [0.2, 0.25) is 0 Å². The molecule has 10 nitrogen and oxygen atoms in total. The second kappa shape index (κ2) is 9.98. The summed E-state index contributed by atoms with van der Waals surface area (Å²) in [5.74, 6) is -0.480. The van der Waals surface area contributed by atoms with Gasteiger partial charge in [-0.05, 0) is 43.0 Å². The van der Waals surface area contributed by atoms with Crippen molar-refractivity contribution >= 4 is 6.47 Å². The van der Waals surface area contributed by atoms with Gasteiger partial charge >= 0.3 is 0 Å². The Balaban J connectivity index is 1.81. The van der Waals surface area contributed by atoms with Crippen LogP contribution in [-0.2, 0) is 30.2 Å². The Morgan fingerprint density at radius 3 is 2.73 bits per heavy atom. The largest absolute Gasteiger partial charge is 0.506 e. The quantitative estimate of drug-likeness (QED) is 0.289. The lowest BCUT2D eigenvalue weighted by atomic mass is 9.81. The lowest BCUT2D eigenvalue weighted by Gasteiger charge is -2.34. The summed E-state index contributed by atoms with van der Waals surface area (Å²) < 4.78 is 31.5. The van der Waals surface area contributed by atoms with Gasteiger partial charge < -0.3 is 43.7 Å².